The summed E-state index contributed by atoms with van der Waals surface area (Å²) in [7, 11) is 0. The lowest BCUT2D eigenvalue weighted by Gasteiger charge is -2.05. The van der Waals surface area contributed by atoms with Crippen molar-refractivity contribution in [3.63, 3.8) is 0 Å². The van der Waals surface area contributed by atoms with Gasteiger partial charge >= 0.3 is 5.97 Å². The second-order valence-electron chi connectivity index (χ2n) is 11.4. The largest absolute Gasteiger partial charge is 0.402 e. The van der Waals surface area contributed by atoms with E-state index in [0.29, 0.717) is 0 Å². The highest BCUT2D eigenvalue weighted by atomic mass is 16.5. The first-order valence-electron chi connectivity index (χ1n) is 16.4. The molecule has 0 radical (unpaired) electrons. The van der Waals surface area contributed by atoms with Crippen molar-refractivity contribution in [3.05, 3.63) is 53.5 Å². The van der Waals surface area contributed by atoms with E-state index < -0.39 is 11.9 Å². The van der Waals surface area contributed by atoms with Gasteiger partial charge in [-0.25, -0.2) is 9.78 Å². The lowest BCUT2D eigenvalue weighted by Crippen LogP contribution is -2.14. The molecule has 2 rings (SSSR count). The number of nitrogens with one attached hydrogen (secondary N) is 1. The molecule has 0 aliphatic carbocycles. The van der Waals surface area contributed by atoms with Gasteiger partial charge in [-0.2, -0.15) is 0 Å². The van der Waals surface area contributed by atoms with Crippen LogP contribution in [-0.4, -0.2) is 21.8 Å². The fourth-order valence-electron chi connectivity index (χ4n) is 5.21. The number of hydrogen-bond acceptors (Lipinski definition) is 4. The van der Waals surface area contributed by atoms with E-state index in [-0.39, 0.29) is 11.6 Å². The Hall–Kier alpha value is -2.89. The topological polar surface area (TPSA) is 98.1 Å². The summed E-state index contributed by atoms with van der Waals surface area (Å²) >= 11 is 0. The van der Waals surface area contributed by atoms with Crippen molar-refractivity contribution in [2.45, 2.75) is 142 Å². The Labute approximate surface area is 248 Å². The van der Waals surface area contributed by atoms with E-state index in [4.69, 9.17) is 10.5 Å². The van der Waals surface area contributed by atoms with Crippen LogP contribution < -0.4 is 10.5 Å². The molecule has 0 saturated carbocycles. The molecule has 6 nitrogen and oxygen atoms in total. The molecule has 41 heavy (non-hydrogen) atoms. The van der Waals surface area contributed by atoms with Crippen LogP contribution in [0.3, 0.4) is 0 Å². The quantitative estimate of drug-likeness (QED) is 0.0711. The molecule has 1 aromatic heterocycles. The van der Waals surface area contributed by atoms with Crippen LogP contribution >= 0.6 is 0 Å². The van der Waals surface area contributed by atoms with Crippen molar-refractivity contribution in [2.24, 2.45) is 5.73 Å². The van der Waals surface area contributed by atoms with E-state index in [2.05, 4.69) is 29.0 Å². The minimum Gasteiger partial charge on any atom is -0.402 e. The number of aromatic nitrogens is 2. The number of imidazole rings is 1. The van der Waals surface area contributed by atoms with Gasteiger partial charge < -0.3 is 15.5 Å². The zero-order valence-corrected chi connectivity index (χ0v) is 25.6. The Balaban J connectivity index is 1.39. The van der Waals surface area contributed by atoms with Crippen LogP contribution in [0.4, 0.5) is 0 Å². The third-order valence-corrected chi connectivity index (χ3v) is 7.76. The monoisotopic (exact) mass is 565 g/mol. The Morgan fingerprint density at radius 3 is 1.66 bits per heavy atom. The second-order valence-corrected chi connectivity index (χ2v) is 11.4. The molecule has 3 N–H and O–H groups in total. The van der Waals surface area contributed by atoms with Gasteiger partial charge in [-0.05, 0) is 30.0 Å². The summed E-state index contributed by atoms with van der Waals surface area (Å²) < 4.78 is 5.07. The second kappa shape index (κ2) is 22.8. The smallest absolute Gasteiger partial charge is 0.337 e. The number of ether oxygens (including phenoxy) is 1. The Kier molecular flexibility index (Phi) is 19.0. The van der Waals surface area contributed by atoms with Crippen LogP contribution in [0.5, 0.6) is 5.88 Å². The van der Waals surface area contributed by atoms with Crippen LogP contribution in [0, 0.1) is 0 Å². The third-order valence-electron chi connectivity index (χ3n) is 7.76. The number of nitrogens with two attached hydrogens (primary N) is 1. The lowest BCUT2D eigenvalue weighted by molar-refractivity contribution is -0.129. The zero-order chi connectivity index (χ0) is 29.4. The van der Waals surface area contributed by atoms with Gasteiger partial charge in [0.1, 0.15) is 0 Å². The fraction of sp³-hybridized carbons (Fsp3) is 0.629. The molecular weight excluding hydrogens is 510 g/mol. The number of carbonyl (C=O) groups excluding carboxylic acids is 2. The third kappa shape index (κ3) is 16.8. The number of unbranched alkanes of at least 4 members (excludes halogenated alkanes) is 19. The summed E-state index contributed by atoms with van der Waals surface area (Å²) in [6.07, 6.45) is 33.3. The van der Waals surface area contributed by atoms with Gasteiger partial charge in [0.25, 0.3) is 11.8 Å². The summed E-state index contributed by atoms with van der Waals surface area (Å²) in [5.74, 6) is -1.46. The van der Waals surface area contributed by atoms with Crippen molar-refractivity contribution >= 4 is 18.0 Å². The minimum absolute atomic E-state index is 0.0267. The Morgan fingerprint density at radius 2 is 1.20 bits per heavy atom. The van der Waals surface area contributed by atoms with Crippen molar-refractivity contribution in [2.75, 3.05) is 0 Å². The standard InChI is InChI=1S/C35H55N3O3/c1-2-3-4-5-6-7-8-9-10-11-12-13-14-15-16-17-18-19-20-21-22-30-23-25-31(26-24-30)27-28-32(39)41-35-33(34(36)40)37-29-38-35/h23-29H,2-22H2,1H3,(H2,36,40)(H,37,38). The molecule has 2 aromatic rings. The van der Waals surface area contributed by atoms with E-state index in [9.17, 15) is 9.59 Å². The first-order valence-corrected chi connectivity index (χ1v) is 16.4. The van der Waals surface area contributed by atoms with Gasteiger partial charge in [-0.1, -0.05) is 153 Å². The number of carbonyl (C=O) groups is 2. The van der Waals surface area contributed by atoms with E-state index in [0.717, 1.165) is 12.0 Å². The molecule has 0 aliphatic rings. The average molecular weight is 566 g/mol. The highest BCUT2D eigenvalue weighted by Gasteiger charge is 2.14. The molecule has 1 heterocycles. The maximum Gasteiger partial charge on any atom is 0.337 e. The Bertz CT molecular complexity index is 981. The summed E-state index contributed by atoms with van der Waals surface area (Å²) in [6, 6.07) is 8.22. The van der Waals surface area contributed by atoms with Gasteiger partial charge in [-0.15, -0.1) is 0 Å². The molecule has 0 saturated heterocycles. The number of esters is 1. The lowest BCUT2D eigenvalue weighted by atomic mass is 10.0. The number of rotatable bonds is 25. The molecule has 1 amide bonds. The molecule has 1 aromatic carbocycles. The zero-order valence-electron chi connectivity index (χ0n) is 25.6. The molecule has 228 valence electrons. The molecular formula is C35H55N3O3. The number of amides is 1. The summed E-state index contributed by atoms with van der Waals surface area (Å²) in [6.45, 7) is 2.29. The van der Waals surface area contributed by atoms with Crippen molar-refractivity contribution < 1.29 is 14.3 Å². The molecule has 0 unspecified atom stereocenters. The van der Waals surface area contributed by atoms with Crippen molar-refractivity contribution in [1.82, 2.24) is 9.97 Å². The molecule has 0 aliphatic heterocycles. The van der Waals surface area contributed by atoms with Gasteiger partial charge in [-0.3, -0.25) is 4.79 Å². The van der Waals surface area contributed by atoms with Crippen LogP contribution in [0.1, 0.15) is 157 Å². The first kappa shape index (κ1) is 34.3. The number of nitrogens with zero attached hydrogens (tertiary/aromatic N) is 1. The maximum atomic E-state index is 12.0. The molecule has 0 atom stereocenters. The highest BCUT2D eigenvalue weighted by molar-refractivity contribution is 5.95. The van der Waals surface area contributed by atoms with E-state index in [1.807, 2.05) is 12.1 Å². The number of hydrogen-bond donors (Lipinski definition) is 2. The van der Waals surface area contributed by atoms with Gasteiger partial charge in [0.15, 0.2) is 5.69 Å². The molecule has 0 bridgehead atoms. The van der Waals surface area contributed by atoms with Gasteiger partial charge in [0, 0.05) is 6.08 Å². The summed E-state index contributed by atoms with van der Waals surface area (Å²) in [5.41, 5.74) is 7.41. The SMILES string of the molecule is CCCCCCCCCCCCCCCCCCCCCCc1ccc(C=CC(=O)Oc2nc[nH]c2C(N)=O)cc1. The molecule has 0 spiro atoms. The number of H-pyrrole nitrogens is 1. The van der Waals surface area contributed by atoms with Crippen molar-refractivity contribution in [3.8, 4) is 5.88 Å². The highest BCUT2D eigenvalue weighted by Crippen LogP contribution is 2.16. The van der Waals surface area contributed by atoms with Gasteiger partial charge in [0.2, 0.25) is 0 Å². The average Bonchev–Trinajstić information content (AvgIpc) is 3.44. The van der Waals surface area contributed by atoms with Crippen molar-refractivity contribution in [1.29, 1.82) is 0 Å². The van der Waals surface area contributed by atoms with Crippen LogP contribution in [0.2, 0.25) is 0 Å². The summed E-state index contributed by atoms with van der Waals surface area (Å²) in [5, 5.41) is 0. The minimum atomic E-state index is -0.731. The van der Waals surface area contributed by atoms with E-state index >= 15 is 0 Å². The number of aryl methyl sites for hydroxylation is 1. The van der Waals surface area contributed by atoms with Gasteiger partial charge in [0.05, 0.1) is 6.33 Å². The Morgan fingerprint density at radius 1 is 0.732 bits per heavy atom. The van der Waals surface area contributed by atoms with E-state index in [1.54, 1.807) is 6.08 Å². The molecule has 0 fully saturated rings. The number of primary amides is 1. The number of aromatic amines is 1. The first-order chi connectivity index (χ1) is 20.1. The summed E-state index contributed by atoms with van der Waals surface area (Å²) in [4.78, 5) is 29.6. The molecule has 6 heteroatoms. The predicted molar refractivity (Wildman–Crippen MR) is 170 cm³/mol. The maximum absolute atomic E-state index is 12.0. The van der Waals surface area contributed by atoms with Crippen LogP contribution in [0.25, 0.3) is 6.08 Å². The van der Waals surface area contributed by atoms with Crippen LogP contribution in [0.15, 0.2) is 36.7 Å². The predicted octanol–water partition coefficient (Wildman–Crippen LogP) is 9.49. The fourth-order valence-corrected chi connectivity index (χ4v) is 5.21. The normalized spacial score (nSPS) is 11.3. The van der Waals surface area contributed by atoms with E-state index in [1.165, 1.54) is 146 Å². The number of benzene rings is 1. The van der Waals surface area contributed by atoms with Crippen LogP contribution in [-0.2, 0) is 11.2 Å².